The Morgan fingerprint density at radius 1 is 1.37 bits per heavy atom. The molecule has 1 aliphatic rings. The molecule has 0 aliphatic heterocycles. The van der Waals surface area contributed by atoms with Crippen LogP contribution in [0.15, 0.2) is 21.6 Å². The number of rotatable bonds is 7. The van der Waals surface area contributed by atoms with Crippen molar-refractivity contribution >= 4 is 10.0 Å². The van der Waals surface area contributed by atoms with Crippen molar-refractivity contribution in [3.05, 3.63) is 17.9 Å². The summed E-state index contributed by atoms with van der Waals surface area (Å²) in [5.74, 6) is 0.546. The zero-order chi connectivity index (χ0) is 13.7. The van der Waals surface area contributed by atoms with Crippen molar-refractivity contribution < 1.29 is 17.6 Å². The number of furan rings is 1. The van der Waals surface area contributed by atoms with Gasteiger partial charge >= 0.3 is 0 Å². The third kappa shape index (κ3) is 4.61. The molecule has 0 amide bonds. The molecule has 1 fully saturated rings. The molecule has 0 saturated heterocycles. The Morgan fingerprint density at radius 2 is 2.11 bits per heavy atom. The van der Waals surface area contributed by atoms with Crippen LogP contribution in [0.5, 0.6) is 0 Å². The molecule has 2 rings (SSSR count). The van der Waals surface area contributed by atoms with E-state index >= 15 is 0 Å². The summed E-state index contributed by atoms with van der Waals surface area (Å²) in [7, 11) is -3.75. The predicted octanol–water partition coefficient (Wildman–Crippen LogP) is 0.976. The summed E-state index contributed by atoms with van der Waals surface area (Å²) in [6, 6.07) is 2.96. The van der Waals surface area contributed by atoms with E-state index in [1.807, 2.05) is 0 Å². The molecule has 1 aromatic heterocycles. The van der Waals surface area contributed by atoms with E-state index in [1.165, 1.54) is 18.9 Å². The zero-order valence-electron chi connectivity index (χ0n) is 10.8. The minimum absolute atomic E-state index is 0.202. The Balaban J connectivity index is 1.64. The lowest BCUT2D eigenvalue weighted by atomic mass is 10.3. The SMILES string of the molecule is NS(=O)(=O)c1ccc(CNCCOC2CCCC2)o1. The van der Waals surface area contributed by atoms with Crippen LogP contribution >= 0.6 is 0 Å². The normalized spacial score (nSPS) is 17.1. The van der Waals surface area contributed by atoms with Crippen LogP contribution in [-0.4, -0.2) is 27.7 Å². The summed E-state index contributed by atoms with van der Waals surface area (Å²) < 4.78 is 32.8. The van der Waals surface area contributed by atoms with Crippen LogP contribution < -0.4 is 10.5 Å². The van der Waals surface area contributed by atoms with Gasteiger partial charge in [0.05, 0.1) is 19.3 Å². The maximum absolute atomic E-state index is 11.0. The smallest absolute Gasteiger partial charge is 0.271 e. The van der Waals surface area contributed by atoms with E-state index in [4.69, 9.17) is 14.3 Å². The average Bonchev–Trinajstić information content (AvgIpc) is 2.97. The van der Waals surface area contributed by atoms with Gasteiger partial charge in [-0.15, -0.1) is 0 Å². The van der Waals surface area contributed by atoms with Crippen molar-refractivity contribution in [3.63, 3.8) is 0 Å². The molecule has 0 unspecified atom stereocenters. The standard InChI is InChI=1S/C12H20N2O4S/c13-19(15,16)12-6-5-11(18-12)9-14-7-8-17-10-3-1-2-4-10/h5-6,10,14H,1-4,7-9H2,(H2,13,15,16). The first-order valence-electron chi connectivity index (χ1n) is 6.49. The highest BCUT2D eigenvalue weighted by molar-refractivity contribution is 7.89. The van der Waals surface area contributed by atoms with Crippen LogP contribution in [0.4, 0.5) is 0 Å². The molecule has 108 valence electrons. The molecule has 1 aliphatic carbocycles. The number of sulfonamides is 1. The maximum Gasteiger partial charge on any atom is 0.271 e. The summed E-state index contributed by atoms with van der Waals surface area (Å²) >= 11 is 0. The molecule has 3 N–H and O–H groups in total. The van der Waals surface area contributed by atoms with E-state index in [0.717, 1.165) is 12.8 Å². The largest absolute Gasteiger partial charge is 0.447 e. The number of nitrogens with two attached hydrogens (primary N) is 1. The van der Waals surface area contributed by atoms with Crippen molar-refractivity contribution in [2.45, 2.75) is 43.4 Å². The number of primary sulfonamides is 1. The number of nitrogens with one attached hydrogen (secondary N) is 1. The first-order chi connectivity index (χ1) is 9.05. The molecule has 0 aromatic carbocycles. The van der Waals surface area contributed by atoms with E-state index in [-0.39, 0.29) is 5.09 Å². The van der Waals surface area contributed by atoms with Gasteiger partial charge in [0.15, 0.2) is 0 Å². The van der Waals surface area contributed by atoms with Crippen LogP contribution in [0.2, 0.25) is 0 Å². The summed E-state index contributed by atoms with van der Waals surface area (Å²) in [4.78, 5) is 0. The highest BCUT2D eigenvalue weighted by Crippen LogP contribution is 2.20. The fraction of sp³-hybridized carbons (Fsp3) is 0.667. The highest BCUT2D eigenvalue weighted by Gasteiger charge is 2.15. The molecular formula is C12H20N2O4S. The Kier molecular flexibility index (Phi) is 4.98. The lowest BCUT2D eigenvalue weighted by molar-refractivity contribution is 0.0600. The molecule has 0 atom stereocenters. The second kappa shape index (κ2) is 6.51. The molecule has 1 heterocycles. The van der Waals surface area contributed by atoms with Gasteiger partial charge in [-0.2, -0.15) is 0 Å². The molecule has 0 bridgehead atoms. The van der Waals surface area contributed by atoms with E-state index in [9.17, 15) is 8.42 Å². The third-order valence-electron chi connectivity index (χ3n) is 3.15. The van der Waals surface area contributed by atoms with Crippen molar-refractivity contribution in [2.75, 3.05) is 13.2 Å². The zero-order valence-corrected chi connectivity index (χ0v) is 11.6. The maximum atomic E-state index is 11.0. The second-order valence-electron chi connectivity index (χ2n) is 4.72. The van der Waals surface area contributed by atoms with Crippen LogP contribution in [0.25, 0.3) is 0 Å². The van der Waals surface area contributed by atoms with Gasteiger partial charge < -0.3 is 14.5 Å². The molecule has 7 heteroatoms. The van der Waals surface area contributed by atoms with E-state index in [0.29, 0.717) is 31.6 Å². The Hall–Kier alpha value is -0.890. The van der Waals surface area contributed by atoms with Crippen molar-refractivity contribution in [2.24, 2.45) is 5.14 Å². The quantitative estimate of drug-likeness (QED) is 0.729. The number of hydrogen-bond acceptors (Lipinski definition) is 5. The van der Waals surface area contributed by atoms with Crippen LogP contribution in [-0.2, 0) is 21.3 Å². The third-order valence-corrected chi connectivity index (χ3v) is 3.93. The van der Waals surface area contributed by atoms with Gasteiger partial charge in [-0.25, -0.2) is 13.6 Å². The molecule has 19 heavy (non-hydrogen) atoms. The molecular weight excluding hydrogens is 268 g/mol. The Bertz CT molecular complexity index is 492. The topological polar surface area (TPSA) is 94.6 Å². The molecule has 1 aromatic rings. The van der Waals surface area contributed by atoms with Gasteiger partial charge in [0.25, 0.3) is 10.0 Å². The fourth-order valence-corrected chi connectivity index (χ4v) is 2.65. The molecule has 0 spiro atoms. The van der Waals surface area contributed by atoms with Gasteiger partial charge in [-0.3, -0.25) is 0 Å². The van der Waals surface area contributed by atoms with Crippen LogP contribution in [0.1, 0.15) is 31.4 Å². The Morgan fingerprint density at radius 3 is 2.74 bits per heavy atom. The van der Waals surface area contributed by atoms with Gasteiger partial charge in [0, 0.05) is 6.54 Å². The summed E-state index contributed by atoms with van der Waals surface area (Å²) in [6.07, 6.45) is 5.27. The predicted molar refractivity (Wildman–Crippen MR) is 70.0 cm³/mol. The lowest BCUT2D eigenvalue weighted by Crippen LogP contribution is -2.21. The minimum atomic E-state index is -3.75. The summed E-state index contributed by atoms with van der Waals surface area (Å²) in [6.45, 7) is 1.83. The summed E-state index contributed by atoms with van der Waals surface area (Å²) in [5, 5.41) is 7.89. The van der Waals surface area contributed by atoms with Crippen molar-refractivity contribution in [1.82, 2.24) is 5.32 Å². The number of ether oxygens (including phenoxy) is 1. The van der Waals surface area contributed by atoms with E-state index < -0.39 is 10.0 Å². The van der Waals surface area contributed by atoms with Gasteiger partial charge in [0.1, 0.15) is 5.76 Å². The first kappa shape index (κ1) is 14.5. The Labute approximate surface area is 113 Å². The van der Waals surface area contributed by atoms with Crippen LogP contribution in [0.3, 0.4) is 0 Å². The van der Waals surface area contributed by atoms with Gasteiger partial charge in [0.2, 0.25) is 5.09 Å². The lowest BCUT2D eigenvalue weighted by Gasteiger charge is -2.10. The summed E-state index contributed by atoms with van der Waals surface area (Å²) in [5.41, 5.74) is 0. The van der Waals surface area contributed by atoms with Crippen LogP contribution in [0, 0.1) is 0 Å². The second-order valence-corrected chi connectivity index (χ2v) is 6.21. The average molecular weight is 288 g/mol. The van der Waals surface area contributed by atoms with Gasteiger partial charge in [-0.1, -0.05) is 12.8 Å². The monoisotopic (exact) mass is 288 g/mol. The number of hydrogen-bond donors (Lipinski definition) is 2. The first-order valence-corrected chi connectivity index (χ1v) is 8.04. The highest BCUT2D eigenvalue weighted by atomic mass is 32.2. The van der Waals surface area contributed by atoms with E-state index in [2.05, 4.69) is 5.32 Å². The van der Waals surface area contributed by atoms with E-state index in [1.54, 1.807) is 6.07 Å². The molecule has 6 nitrogen and oxygen atoms in total. The van der Waals surface area contributed by atoms with Gasteiger partial charge in [-0.05, 0) is 25.0 Å². The van der Waals surface area contributed by atoms with Crippen molar-refractivity contribution in [1.29, 1.82) is 0 Å². The minimum Gasteiger partial charge on any atom is -0.447 e. The molecule has 0 radical (unpaired) electrons. The fourth-order valence-electron chi connectivity index (χ4n) is 2.17. The molecule has 1 saturated carbocycles. The van der Waals surface area contributed by atoms with Crippen molar-refractivity contribution in [3.8, 4) is 0 Å².